The maximum atomic E-state index is 3.66. The molecular weight excluding hydrogens is 196 g/mol. The molecule has 1 saturated heterocycles. The maximum Gasteiger partial charge on any atom is 0.0252 e. The molecule has 2 atom stereocenters. The molecule has 0 aromatic carbocycles. The van der Waals surface area contributed by atoms with Crippen molar-refractivity contribution < 1.29 is 0 Å². The van der Waals surface area contributed by atoms with Crippen molar-refractivity contribution >= 4 is 0 Å². The normalized spacial score (nSPS) is 36.9. The van der Waals surface area contributed by atoms with Crippen molar-refractivity contribution in [1.29, 1.82) is 0 Å². The highest BCUT2D eigenvalue weighted by atomic mass is 15.2. The van der Waals surface area contributed by atoms with Crippen molar-refractivity contribution in [2.75, 3.05) is 19.6 Å². The Morgan fingerprint density at radius 3 is 2.62 bits per heavy atom. The second-order valence-corrected chi connectivity index (χ2v) is 6.46. The molecule has 1 heterocycles. The summed E-state index contributed by atoms with van der Waals surface area (Å²) in [6.07, 6.45) is 7.07. The van der Waals surface area contributed by atoms with E-state index in [0.717, 1.165) is 12.0 Å². The Hall–Kier alpha value is -0.0800. The highest BCUT2D eigenvalue weighted by Crippen LogP contribution is 2.29. The van der Waals surface area contributed by atoms with Crippen LogP contribution in [0, 0.1) is 5.92 Å². The van der Waals surface area contributed by atoms with Crippen LogP contribution in [0.4, 0.5) is 0 Å². The first-order chi connectivity index (χ1) is 7.58. The molecule has 2 nitrogen and oxygen atoms in total. The molecule has 1 aliphatic heterocycles. The molecule has 1 N–H and O–H groups in total. The number of nitrogens with zero attached hydrogens (tertiary/aromatic N) is 1. The van der Waals surface area contributed by atoms with Gasteiger partial charge in [-0.2, -0.15) is 0 Å². The molecule has 0 spiro atoms. The molecule has 16 heavy (non-hydrogen) atoms. The van der Waals surface area contributed by atoms with Crippen molar-refractivity contribution in [3.63, 3.8) is 0 Å². The van der Waals surface area contributed by atoms with Crippen LogP contribution >= 0.6 is 0 Å². The van der Waals surface area contributed by atoms with E-state index in [-0.39, 0.29) is 0 Å². The minimum atomic E-state index is 0.299. The Morgan fingerprint density at radius 1 is 1.12 bits per heavy atom. The van der Waals surface area contributed by atoms with Crippen molar-refractivity contribution in [3.8, 4) is 0 Å². The number of rotatable bonds is 1. The van der Waals surface area contributed by atoms with E-state index < -0.39 is 0 Å². The van der Waals surface area contributed by atoms with Gasteiger partial charge in [-0.15, -0.1) is 0 Å². The molecule has 2 heteroatoms. The molecule has 0 amide bonds. The second-order valence-electron chi connectivity index (χ2n) is 6.46. The van der Waals surface area contributed by atoms with Crippen LogP contribution in [-0.4, -0.2) is 36.1 Å². The summed E-state index contributed by atoms with van der Waals surface area (Å²) < 4.78 is 0. The molecular formula is C14H28N2. The van der Waals surface area contributed by atoms with Crippen molar-refractivity contribution in [1.82, 2.24) is 10.2 Å². The fraction of sp³-hybridized carbons (Fsp3) is 1.00. The van der Waals surface area contributed by atoms with E-state index in [0.29, 0.717) is 5.54 Å². The molecule has 2 unspecified atom stereocenters. The van der Waals surface area contributed by atoms with Crippen LogP contribution in [0.25, 0.3) is 0 Å². The van der Waals surface area contributed by atoms with Gasteiger partial charge in [0, 0.05) is 18.1 Å². The summed E-state index contributed by atoms with van der Waals surface area (Å²) in [5, 5.41) is 3.66. The lowest BCUT2D eigenvalue weighted by Crippen LogP contribution is -2.51. The molecule has 2 fully saturated rings. The van der Waals surface area contributed by atoms with Gasteiger partial charge in [-0.25, -0.2) is 0 Å². The summed E-state index contributed by atoms with van der Waals surface area (Å²) >= 11 is 0. The highest BCUT2D eigenvalue weighted by Gasteiger charge is 2.32. The lowest BCUT2D eigenvalue weighted by Gasteiger charge is -2.41. The summed E-state index contributed by atoms with van der Waals surface area (Å²) in [6.45, 7) is 10.9. The van der Waals surface area contributed by atoms with Crippen molar-refractivity contribution in [2.45, 2.75) is 64.5 Å². The molecule has 0 bridgehead atoms. The van der Waals surface area contributed by atoms with E-state index in [1.54, 1.807) is 0 Å². The van der Waals surface area contributed by atoms with Gasteiger partial charge in [0.25, 0.3) is 0 Å². The molecule has 2 rings (SSSR count). The average Bonchev–Trinajstić information content (AvgIpc) is 2.40. The first-order valence-electron chi connectivity index (χ1n) is 7.07. The van der Waals surface area contributed by atoms with Crippen molar-refractivity contribution in [2.24, 2.45) is 5.92 Å². The Morgan fingerprint density at radius 2 is 1.88 bits per heavy atom. The fourth-order valence-corrected chi connectivity index (χ4v) is 3.47. The smallest absolute Gasteiger partial charge is 0.0252 e. The Bertz CT molecular complexity index is 225. The van der Waals surface area contributed by atoms with E-state index in [2.05, 4.69) is 31.0 Å². The van der Waals surface area contributed by atoms with E-state index in [9.17, 15) is 0 Å². The second kappa shape index (κ2) is 5.05. The zero-order valence-electron chi connectivity index (χ0n) is 11.3. The van der Waals surface area contributed by atoms with Crippen LogP contribution in [-0.2, 0) is 0 Å². The topological polar surface area (TPSA) is 15.3 Å². The van der Waals surface area contributed by atoms with E-state index in [1.807, 2.05) is 0 Å². The summed E-state index contributed by atoms with van der Waals surface area (Å²) in [6, 6.07) is 0.855. The van der Waals surface area contributed by atoms with Gasteiger partial charge in [0.05, 0.1) is 0 Å². The third kappa shape index (κ3) is 2.98. The largest absolute Gasteiger partial charge is 0.310 e. The molecule has 0 radical (unpaired) electrons. The van der Waals surface area contributed by atoms with Gasteiger partial charge in [-0.3, -0.25) is 4.90 Å². The first kappa shape index (κ1) is 12.4. The lowest BCUT2D eigenvalue weighted by atomic mass is 9.84. The summed E-state index contributed by atoms with van der Waals surface area (Å²) in [7, 11) is 0. The Kier molecular flexibility index (Phi) is 3.91. The molecule has 0 aromatic rings. The van der Waals surface area contributed by atoms with Crippen molar-refractivity contribution in [3.05, 3.63) is 0 Å². The van der Waals surface area contributed by atoms with Gasteiger partial charge in [0.1, 0.15) is 0 Å². The third-order valence-corrected chi connectivity index (χ3v) is 4.36. The summed E-state index contributed by atoms with van der Waals surface area (Å²) in [5.74, 6) is 0.905. The minimum Gasteiger partial charge on any atom is -0.310 e. The van der Waals surface area contributed by atoms with E-state index >= 15 is 0 Å². The van der Waals surface area contributed by atoms with Gasteiger partial charge >= 0.3 is 0 Å². The van der Waals surface area contributed by atoms with Gasteiger partial charge in [-0.1, -0.05) is 19.8 Å². The van der Waals surface area contributed by atoms with Gasteiger partial charge in [-0.05, 0) is 52.1 Å². The van der Waals surface area contributed by atoms with E-state index in [4.69, 9.17) is 0 Å². The number of hydrogen-bond acceptors (Lipinski definition) is 2. The zero-order chi connectivity index (χ0) is 11.6. The first-order valence-corrected chi connectivity index (χ1v) is 7.07. The van der Waals surface area contributed by atoms with Crippen LogP contribution < -0.4 is 5.32 Å². The van der Waals surface area contributed by atoms with Crippen LogP contribution in [0.15, 0.2) is 0 Å². The summed E-state index contributed by atoms with van der Waals surface area (Å²) in [4.78, 5) is 2.77. The van der Waals surface area contributed by atoms with Gasteiger partial charge in [0.2, 0.25) is 0 Å². The van der Waals surface area contributed by atoms with Gasteiger partial charge < -0.3 is 5.32 Å². The standard InChI is InChI=1S/C14H28N2/c1-12-7-4-5-8-13(12)16-10-6-9-15-14(2,3)11-16/h12-13,15H,4-11H2,1-3H3. The quantitative estimate of drug-likeness (QED) is 0.736. The Labute approximate surface area is 101 Å². The maximum absolute atomic E-state index is 3.66. The molecule has 94 valence electrons. The molecule has 2 aliphatic rings. The average molecular weight is 224 g/mol. The van der Waals surface area contributed by atoms with Crippen LogP contribution in [0.3, 0.4) is 0 Å². The SMILES string of the molecule is CC1CCCCC1N1CCCNC(C)(C)C1. The fourth-order valence-electron chi connectivity index (χ4n) is 3.47. The van der Waals surface area contributed by atoms with Crippen LogP contribution in [0.5, 0.6) is 0 Å². The van der Waals surface area contributed by atoms with Gasteiger partial charge in [0.15, 0.2) is 0 Å². The van der Waals surface area contributed by atoms with E-state index in [1.165, 1.54) is 51.7 Å². The van der Waals surface area contributed by atoms with Crippen LogP contribution in [0.2, 0.25) is 0 Å². The van der Waals surface area contributed by atoms with Crippen LogP contribution in [0.1, 0.15) is 52.9 Å². The predicted molar refractivity (Wildman–Crippen MR) is 69.7 cm³/mol. The molecule has 1 saturated carbocycles. The highest BCUT2D eigenvalue weighted by molar-refractivity contribution is 4.90. The molecule has 1 aliphatic carbocycles. The summed E-state index contributed by atoms with van der Waals surface area (Å²) in [5.41, 5.74) is 0.299. The predicted octanol–water partition coefficient (Wildman–Crippen LogP) is 2.64. The third-order valence-electron chi connectivity index (χ3n) is 4.36. The monoisotopic (exact) mass is 224 g/mol. The lowest BCUT2D eigenvalue weighted by molar-refractivity contribution is 0.0975. The number of nitrogens with one attached hydrogen (secondary N) is 1. The molecule has 0 aromatic heterocycles. The minimum absolute atomic E-state index is 0.299. The Balaban J connectivity index is 2.00. The zero-order valence-corrected chi connectivity index (χ0v) is 11.3. The number of hydrogen-bond donors (Lipinski definition) is 1.